The predicted molar refractivity (Wildman–Crippen MR) is 94.6 cm³/mol. The number of rotatable bonds is 3. The van der Waals surface area contributed by atoms with Crippen LogP contribution in [0.3, 0.4) is 0 Å². The number of hydrogen-bond donors (Lipinski definition) is 1. The van der Waals surface area contributed by atoms with Crippen LogP contribution in [-0.4, -0.2) is 31.1 Å². The van der Waals surface area contributed by atoms with E-state index in [0.29, 0.717) is 5.92 Å². The Morgan fingerprint density at radius 2 is 1.48 bits per heavy atom. The second-order valence-electron chi connectivity index (χ2n) is 6.33. The highest BCUT2D eigenvalue weighted by Gasteiger charge is 2.31. The van der Waals surface area contributed by atoms with Crippen LogP contribution in [0.2, 0.25) is 0 Å². The van der Waals surface area contributed by atoms with Gasteiger partial charge in [0.15, 0.2) is 0 Å². The van der Waals surface area contributed by atoms with E-state index in [9.17, 15) is 8.78 Å². The van der Waals surface area contributed by atoms with Gasteiger partial charge in [-0.1, -0.05) is 19.3 Å². The van der Waals surface area contributed by atoms with Crippen LogP contribution in [0.1, 0.15) is 43.7 Å². The van der Waals surface area contributed by atoms with Gasteiger partial charge < -0.3 is 5.32 Å². The molecule has 1 aromatic carbocycles. The molecule has 0 radical (unpaired) electrons. The summed E-state index contributed by atoms with van der Waals surface area (Å²) in [5.74, 6) is -0.389. The molecule has 0 spiro atoms. The molecule has 1 aliphatic heterocycles. The second kappa shape index (κ2) is 9.77. The van der Waals surface area contributed by atoms with Crippen molar-refractivity contribution >= 4 is 24.8 Å². The third-order valence-corrected chi connectivity index (χ3v) is 4.87. The van der Waals surface area contributed by atoms with Gasteiger partial charge in [0.25, 0.3) is 0 Å². The standard InChI is InChI=1S/C17H24F2N2.2ClH/c18-15-10-14(11-16(19)12-15)17(13-4-2-1-3-5-13)21-8-6-20-7-9-21;;/h10-13,17,20H,1-9H2;2*1H/t17-;;/m0../s1. The van der Waals surface area contributed by atoms with Gasteiger partial charge in [-0.2, -0.15) is 0 Å². The Morgan fingerprint density at radius 1 is 0.913 bits per heavy atom. The summed E-state index contributed by atoms with van der Waals surface area (Å²) < 4.78 is 27.3. The first-order valence-electron chi connectivity index (χ1n) is 8.15. The van der Waals surface area contributed by atoms with Crippen molar-refractivity contribution in [3.63, 3.8) is 0 Å². The van der Waals surface area contributed by atoms with Crippen LogP contribution in [0.25, 0.3) is 0 Å². The van der Waals surface area contributed by atoms with Gasteiger partial charge in [-0.15, -0.1) is 24.8 Å². The molecule has 1 aliphatic carbocycles. The molecule has 0 unspecified atom stereocenters. The summed E-state index contributed by atoms with van der Waals surface area (Å²) in [5.41, 5.74) is 0.821. The summed E-state index contributed by atoms with van der Waals surface area (Å²) in [6, 6.07) is 4.20. The van der Waals surface area contributed by atoms with Crippen LogP contribution >= 0.6 is 24.8 Å². The molecule has 132 valence electrons. The molecule has 2 aliphatic rings. The Balaban J connectivity index is 0.00000132. The number of nitrogens with zero attached hydrogens (tertiary/aromatic N) is 1. The van der Waals surface area contributed by atoms with Crippen molar-refractivity contribution in [3.8, 4) is 0 Å². The van der Waals surface area contributed by atoms with E-state index >= 15 is 0 Å². The molecular formula is C17H26Cl2F2N2. The third kappa shape index (κ3) is 5.28. The van der Waals surface area contributed by atoms with Crippen LogP contribution in [0.4, 0.5) is 8.78 Å². The van der Waals surface area contributed by atoms with Gasteiger partial charge in [0.05, 0.1) is 0 Å². The summed E-state index contributed by atoms with van der Waals surface area (Å²) in [4.78, 5) is 2.42. The zero-order valence-electron chi connectivity index (χ0n) is 13.3. The van der Waals surface area contributed by atoms with Crippen molar-refractivity contribution in [2.75, 3.05) is 26.2 Å². The second-order valence-corrected chi connectivity index (χ2v) is 6.33. The molecular weight excluding hydrogens is 341 g/mol. The lowest BCUT2D eigenvalue weighted by Gasteiger charge is -2.41. The molecule has 0 bridgehead atoms. The average molecular weight is 367 g/mol. The molecule has 2 fully saturated rings. The number of piperazine rings is 1. The SMILES string of the molecule is Cl.Cl.Fc1cc(F)cc([C@H](C2CCCCC2)N2CCNCC2)c1. The highest BCUT2D eigenvalue weighted by atomic mass is 35.5. The molecule has 23 heavy (non-hydrogen) atoms. The average Bonchev–Trinajstić information content (AvgIpc) is 2.49. The van der Waals surface area contributed by atoms with Gasteiger partial charge in [0.1, 0.15) is 11.6 Å². The molecule has 2 nitrogen and oxygen atoms in total. The Morgan fingerprint density at radius 3 is 2.04 bits per heavy atom. The van der Waals surface area contributed by atoms with Gasteiger partial charge >= 0.3 is 0 Å². The smallest absolute Gasteiger partial charge is 0.126 e. The zero-order valence-corrected chi connectivity index (χ0v) is 14.9. The minimum absolute atomic E-state index is 0. The molecule has 0 aromatic heterocycles. The fourth-order valence-corrected chi connectivity index (χ4v) is 3.94. The largest absolute Gasteiger partial charge is 0.314 e. The lowest BCUT2D eigenvalue weighted by molar-refractivity contribution is 0.103. The first kappa shape index (κ1) is 20.6. The van der Waals surface area contributed by atoms with Crippen molar-refractivity contribution < 1.29 is 8.78 Å². The Bertz CT molecular complexity index is 437. The van der Waals surface area contributed by atoms with E-state index < -0.39 is 11.6 Å². The zero-order chi connectivity index (χ0) is 14.7. The molecule has 1 atom stereocenters. The lowest BCUT2D eigenvalue weighted by atomic mass is 9.80. The molecule has 1 heterocycles. The molecule has 1 saturated heterocycles. The first-order valence-corrected chi connectivity index (χ1v) is 8.15. The van der Waals surface area contributed by atoms with E-state index in [1.165, 1.54) is 44.2 Å². The molecule has 0 amide bonds. The molecule has 3 rings (SSSR count). The first-order chi connectivity index (χ1) is 10.2. The number of hydrogen-bond acceptors (Lipinski definition) is 2. The number of benzene rings is 1. The molecule has 1 N–H and O–H groups in total. The van der Waals surface area contributed by atoms with Crippen LogP contribution in [0, 0.1) is 17.6 Å². The van der Waals surface area contributed by atoms with Crippen molar-refractivity contribution in [1.82, 2.24) is 10.2 Å². The van der Waals surface area contributed by atoms with Gasteiger partial charge in [0.2, 0.25) is 0 Å². The molecule has 6 heteroatoms. The fraction of sp³-hybridized carbons (Fsp3) is 0.647. The van der Waals surface area contributed by atoms with Gasteiger partial charge in [0, 0.05) is 38.3 Å². The van der Waals surface area contributed by atoms with Gasteiger partial charge in [-0.3, -0.25) is 4.90 Å². The number of halogens is 4. The predicted octanol–water partition coefficient (Wildman–Crippen LogP) is 4.34. The van der Waals surface area contributed by atoms with E-state index in [-0.39, 0.29) is 30.9 Å². The quantitative estimate of drug-likeness (QED) is 0.855. The van der Waals surface area contributed by atoms with E-state index in [4.69, 9.17) is 0 Å². The molecule has 1 saturated carbocycles. The maximum atomic E-state index is 13.7. The maximum Gasteiger partial charge on any atom is 0.126 e. The van der Waals surface area contributed by atoms with Gasteiger partial charge in [-0.05, 0) is 36.5 Å². The molecule has 1 aromatic rings. The maximum absolute atomic E-state index is 13.7. The van der Waals surface area contributed by atoms with E-state index in [0.717, 1.165) is 37.8 Å². The monoisotopic (exact) mass is 366 g/mol. The Labute approximate surface area is 149 Å². The minimum atomic E-state index is -0.457. The number of nitrogens with one attached hydrogen (secondary N) is 1. The highest BCUT2D eigenvalue weighted by Crippen LogP contribution is 2.38. The summed E-state index contributed by atoms with van der Waals surface area (Å²) in [6.07, 6.45) is 6.12. The van der Waals surface area contributed by atoms with Crippen LogP contribution < -0.4 is 5.32 Å². The normalized spacial score (nSPS) is 21.1. The van der Waals surface area contributed by atoms with Crippen molar-refractivity contribution in [1.29, 1.82) is 0 Å². The summed E-state index contributed by atoms with van der Waals surface area (Å²) in [5, 5.41) is 3.36. The van der Waals surface area contributed by atoms with Crippen molar-refractivity contribution in [3.05, 3.63) is 35.4 Å². The van der Waals surface area contributed by atoms with E-state index in [1.807, 2.05) is 0 Å². The highest BCUT2D eigenvalue weighted by molar-refractivity contribution is 5.85. The van der Waals surface area contributed by atoms with E-state index in [1.54, 1.807) is 0 Å². The third-order valence-electron chi connectivity index (χ3n) is 4.87. The van der Waals surface area contributed by atoms with Crippen LogP contribution in [0.5, 0.6) is 0 Å². The lowest BCUT2D eigenvalue weighted by Crippen LogP contribution is -2.47. The van der Waals surface area contributed by atoms with Crippen molar-refractivity contribution in [2.45, 2.75) is 38.1 Å². The van der Waals surface area contributed by atoms with Gasteiger partial charge in [-0.25, -0.2) is 8.78 Å². The summed E-state index contributed by atoms with van der Waals surface area (Å²) in [6.45, 7) is 3.83. The van der Waals surface area contributed by atoms with Crippen molar-refractivity contribution in [2.24, 2.45) is 5.92 Å². The van der Waals surface area contributed by atoms with Crippen LogP contribution in [0.15, 0.2) is 18.2 Å². The summed E-state index contributed by atoms with van der Waals surface area (Å²) in [7, 11) is 0. The Kier molecular flexibility index (Phi) is 8.76. The van der Waals surface area contributed by atoms with Crippen LogP contribution in [-0.2, 0) is 0 Å². The Hall–Kier alpha value is -0.420. The summed E-state index contributed by atoms with van der Waals surface area (Å²) >= 11 is 0. The topological polar surface area (TPSA) is 15.3 Å². The fourth-order valence-electron chi connectivity index (χ4n) is 3.94. The minimum Gasteiger partial charge on any atom is -0.314 e. The van der Waals surface area contributed by atoms with E-state index in [2.05, 4.69) is 10.2 Å².